The van der Waals surface area contributed by atoms with Gasteiger partial charge in [0.1, 0.15) is 5.75 Å². The normalized spacial score (nSPS) is 14.6. The monoisotopic (exact) mass is 434 g/mol. The number of hydrogen-bond acceptors (Lipinski definition) is 3. The summed E-state index contributed by atoms with van der Waals surface area (Å²) in [5.41, 5.74) is -1.50. The summed E-state index contributed by atoms with van der Waals surface area (Å²) < 4.78 is 48.2. The molecule has 2 aromatic carbocycles. The highest BCUT2D eigenvalue weighted by atomic mass is 19.4. The molecule has 168 valence electrons. The molecular formula is C24H29F3N2O2. The van der Waals surface area contributed by atoms with E-state index in [9.17, 15) is 18.3 Å². The van der Waals surface area contributed by atoms with Crippen molar-refractivity contribution in [3.05, 3.63) is 64.2 Å². The summed E-state index contributed by atoms with van der Waals surface area (Å²) in [7, 11) is 3.11. The second kappa shape index (κ2) is 9.56. The Morgan fingerprint density at radius 3 is 2.35 bits per heavy atom. The predicted molar refractivity (Wildman–Crippen MR) is 119 cm³/mol. The number of nitrogens with zero attached hydrogens (tertiary/aromatic N) is 2. The van der Waals surface area contributed by atoms with E-state index in [0.29, 0.717) is 16.8 Å². The Morgan fingerprint density at radius 1 is 1.16 bits per heavy atom. The van der Waals surface area contributed by atoms with E-state index in [4.69, 9.17) is 4.74 Å². The number of aliphatic hydroxyl groups is 1. The fourth-order valence-corrected chi connectivity index (χ4v) is 3.19. The van der Waals surface area contributed by atoms with Crippen LogP contribution in [-0.4, -0.2) is 43.2 Å². The van der Waals surface area contributed by atoms with Crippen LogP contribution in [0.3, 0.4) is 0 Å². The van der Waals surface area contributed by atoms with Crippen LogP contribution < -0.4 is 4.74 Å². The number of methoxy groups -OCH3 is 1. The first-order chi connectivity index (χ1) is 14.4. The van der Waals surface area contributed by atoms with E-state index in [1.54, 1.807) is 44.5 Å². The maximum atomic E-state index is 14.3. The van der Waals surface area contributed by atoms with Crippen LogP contribution >= 0.6 is 0 Å². The lowest BCUT2D eigenvalue weighted by molar-refractivity contribution is -0.249. The minimum Gasteiger partial charge on any atom is -0.496 e. The summed E-state index contributed by atoms with van der Waals surface area (Å²) in [6, 6.07) is 9.77. The van der Waals surface area contributed by atoms with Crippen molar-refractivity contribution in [3.8, 4) is 5.75 Å². The molecule has 2 aromatic rings. The summed E-state index contributed by atoms with van der Waals surface area (Å²) in [5.74, 6) is -0.0886. The van der Waals surface area contributed by atoms with E-state index in [1.807, 2.05) is 18.9 Å². The van der Waals surface area contributed by atoms with E-state index in [2.05, 4.69) is 4.99 Å². The zero-order chi connectivity index (χ0) is 23.4. The number of rotatable bonds is 7. The van der Waals surface area contributed by atoms with Gasteiger partial charge in [0.15, 0.2) is 0 Å². The lowest BCUT2D eigenvalue weighted by atomic mass is 9.83. The van der Waals surface area contributed by atoms with Gasteiger partial charge < -0.3 is 14.7 Å². The third kappa shape index (κ3) is 5.10. The fourth-order valence-electron chi connectivity index (χ4n) is 3.19. The molecule has 0 saturated heterocycles. The quantitative estimate of drug-likeness (QED) is 0.444. The van der Waals surface area contributed by atoms with Crippen molar-refractivity contribution >= 4 is 18.1 Å². The predicted octanol–water partition coefficient (Wildman–Crippen LogP) is 5.78. The molecule has 0 radical (unpaired) electrons. The number of ether oxygens (including phenoxy) is 1. The second-order valence-corrected chi connectivity index (χ2v) is 7.55. The number of hydrogen-bond donors (Lipinski definition) is 1. The molecule has 1 N–H and O–H groups in total. The average Bonchev–Trinajstić information content (AvgIpc) is 2.72. The molecule has 0 spiro atoms. The third-order valence-electron chi connectivity index (χ3n) is 5.34. The van der Waals surface area contributed by atoms with Gasteiger partial charge in [-0.25, -0.2) is 4.99 Å². The highest BCUT2D eigenvalue weighted by Crippen LogP contribution is 2.49. The Kier molecular flexibility index (Phi) is 7.54. The Hall–Kier alpha value is -2.80. The van der Waals surface area contributed by atoms with Gasteiger partial charge in [0.2, 0.25) is 5.60 Å². The molecule has 0 fully saturated rings. The Labute approximate surface area is 181 Å². The molecule has 4 nitrogen and oxygen atoms in total. The van der Waals surface area contributed by atoms with E-state index in [0.717, 1.165) is 12.1 Å². The van der Waals surface area contributed by atoms with E-state index in [-0.39, 0.29) is 16.9 Å². The Morgan fingerprint density at radius 2 is 1.81 bits per heavy atom. The van der Waals surface area contributed by atoms with Crippen molar-refractivity contribution in [2.45, 2.75) is 39.5 Å². The number of halogens is 3. The zero-order valence-electron chi connectivity index (χ0n) is 18.7. The number of aryl methyl sites for hydroxylation is 2. The molecule has 0 amide bonds. The Balaban J connectivity index is 2.70. The summed E-state index contributed by atoms with van der Waals surface area (Å²) in [4.78, 5) is 6.17. The smallest absolute Gasteiger partial charge is 0.425 e. The van der Waals surface area contributed by atoms with Crippen molar-refractivity contribution in [1.29, 1.82) is 0 Å². The molecule has 2 rings (SSSR count). The van der Waals surface area contributed by atoms with E-state index < -0.39 is 11.8 Å². The highest BCUT2D eigenvalue weighted by Gasteiger charge is 2.57. The average molecular weight is 435 g/mol. The molecule has 0 aliphatic rings. The zero-order valence-corrected chi connectivity index (χ0v) is 18.7. The van der Waals surface area contributed by atoms with Gasteiger partial charge in [-0.3, -0.25) is 0 Å². The van der Waals surface area contributed by atoms with Crippen LogP contribution in [0.4, 0.5) is 18.9 Å². The molecule has 0 heterocycles. The summed E-state index contributed by atoms with van der Waals surface area (Å²) in [6.45, 7) is 7.41. The second-order valence-electron chi connectivity index (χ2n) is 7.55. The van der Waals surface area contributed by atoms with Crippen LogP contribution in [0.5, 0.6) is 5.75 Å². The molecule has 0 aliphatic heterocycles. The van der Waals surface area contributed by atoms with Crippen LogP contribution in [-0.2, 0) is 5.60 Å². The minimum atomic E-state index is -4.97. The van der Waals surface area contributed by atoms with Crippen molar-refractivity contribution in [2.75, 3.05) is 20.7 Å². The molecule has 0 aliphatic carbocycles. The van der Waals surface area contributed by atoms with Crippen LogP contribution in [0.25, 0.3) is 6.08 Å². The molecular weight excluding hydrogens is 405 g/mol. The summed E-state index contributed by atoms with van der Waals surface area (Å²) in [6.07, 6.45) is -2.01. The van der Waals surface area contributed by atoms with Crippen molar-refractivity contribution < 1.29 is 23.0 Å². The lowest BCUT2D eigenvalue weighted by Gasteiger charge is -2.33. The van der Waals surface area contributed by atoms with Gasteiger partial charge in [0.05, 0.1) is 19.1 Å². The van der Waals surface area contributed by atoms with Gasteiger partial charge >= 0.3 is 6.18 Å². The number of alkyl halides is 3. The van der Waals surface area contributed by atoms with Gasteiger partial charge in [-0.1, -0.05) is 30.3 Å². The molecule has 31 heavy (non-hydrogen) atoms. The van der Waals surface area contributed by atoms with Crippen LogP contribution in [0.1, 0.15) is 36.1 Å². The van der Waals surface area contributed by atoms with Crippen LogP contribution in [0, 0.1) is 13.8 Å². The number of aliphatic imine (C=N–C) groups is 1. The number of benzene rings is 2. The largest absolute Gasteiger partial charge is 0.496 e. The van der Waals surface area contributed by atoms with Crippen molar-refractivity contribution in [1.82, 2.24) is 4.90 Å². The maximum Gasteiger partial charge on any atom is 0.425 e. The van der Waals surface area contributed by atoms with Crippen molar-refractivity contribution in [3.63, 3.8) is 0 Å². The van der Waals surface area contributed by atoms with Crippen LogP contribution in [0.2, 0.25) is 0 Å². The van der Waals surface area contributed by atoms with Crippen molar-refractivity contribution in [2.24, 2.45) is 4.99 Å². The Bertz CT molecular complexity index is 983. The van der Waals surface area contributed by atoms with E-state index >= 15 is 0 Å². The first kappa shape index (κ1) is 24.5. The first-order valence-electron chi connectivity index (χ1n) is 9.92. The molecule has 1 unspecified atom stereocenters. The molecule has 7 heteroatoms. The summed E-state index contributed by atoms with van der Waals surface area (Å²) >= 11 is 0. The van der Waals surface area contributed by atoms with Gasteiger partial charge in [0.25, 0.3) is 0 Å². The summed E-state index contributed by atoms with van der Waals surface area (Å²) in [5, 5.41) is 11.1. The third-order valence-corrected chi connectivity index (χ3v) is 5.34. The standard InChI is InChI=1S/C24H29F3N2O2/c1-7-29(5)15-28-21-14-22(31-6)20(12-17(21)3)23(30,24(25,26)27)18(4)13-19-11-9-8-10-16(19)2/h8-15,30H,7H2,1-6H3/b18-13+,28-15?. The SMILES string of the molecule is CCN(C)C=Nc1cc(OC)c(C(O)(/C(C)=C/c2ccccc2C)C(F)(F)F)cc1C. The minimum absolute atomic E-state index is 0.0886. The van der Waals surface area contributed by atoms with Gasteiger partial charge in [-0.05, 0) is 56.0 Å². The van der Waals surface area contributed by atoms with Gasteiger partial charge in [0, 0.05) is 25.2 Å². The lowest BCUT2D eigenvalue weighted by Crippen LogP contribution is -2.43. The van der Waals surface area contributed by atoms with E-state index in [1.165, 1.54) is 32.2 Å². The van der Waals surface area contributed by atoms with Gasteiger partial charge in [-0.2, -0.15) is 13.2 Å². The molecule has 1 atom stereocenters. The topological polar surface area (TPSA) is 45.1 Å². The maximum absolute atomic E-state index is 14.3. The van der Waals surface area contributed by atoms with Crippen LogP contribution in [0.15, 0.2) is 47.0 Å². The first-order valence-corrected chi connectivity index (χ1v) is 9.92. The molecule has 0 aromatic heterocycles. The fraction of sp³-hybridized carbons (Fsp3) is 0.375. The van der Waals surface area contributed by atoms with Gasteiger partial charge in [-0.15, -0.1) is 0 Å². The highest BCUT2D eigenvalue weighted by molar-refractivity contribution is 5.67. The molecule has 0 bridgehead atoms. The molecule has 0 saturated carbocycles.